The van der Waals surface area contributed by atoms with Gasteiger partial charge in [0.05, 0.1) is 11.6 Å². The van der Waals surface area contributed by atoms with Crippen LogP contribution in [0.5, 0.6) is 5.75 Å². The fraction of sp³-hybridized carbons (Fsp3) is 0.455. The Kier molecular flexibility index (Phi) is 5.91. The second-order valence-electron chi connectivity index (χ2n) is 3.20. The minimum atomic E-state index is -0.671. The van der Waals surface area contributed by atoms with Crippen molar-refractivity contribution in [3.63, 3.8) is 0 Å². The normalized spacial score (nSPS) is 12.5. The van der Waals surface area contributed by atoms with Crippen LogP contribution in [-0.4, -0.2) is 31.0 Å². The third-order valence-electron chi connectivity index (χ3n) is 1.84. The maximum atomic E-state index is 9.48. The van der Waals surface area contributed by atoms with Crippen molar-refractivity contribution in [3.8, 4) is 5.75 Å². The quantitative estimate of drug-likeness (QED) is 0.859. The molecule has 1 aromatic rings. The topological polar surface area (TPSA) is 38.7 Å². The summed E-state index contributed by atoms with van der Waals surface area (Å²) in [6, 6.07) is 4.93. The Hall–Kier alpha value is -0.480. The van der Waals surface area contributed by atoms with E-state index in [0.29, 0.717) is 22.4 Å². The van der Waals surface area contributed by atoms with Gasteiger partial charge >= 0.3 is 0 Å². The number of ether oxygens (including phenoxy) is 2. The van der Waals surface area contributed by atoms with Crippen LogP contribution >= 0.6 is 23.2 Å². The average molecular weight is 265 g/mol. The number of aliphatic hydroxyl groups excluding tert-OH is 1. The predicted octanol–water partition coefficient (Wildman–Crippen LogP) is 2.77. The highest BCUT2D eigenvalue weighted by Gasteiger charge is 2.07. The van der Waals surface area contributed by atoms with Gasteiger partial charge in [0.15, 0.2) is 0 Å². The Morgan fingerprint density at radius 1 is 1.31 bits per heavy atom. The lowest BCUT2D eigenvalue weighted by atomic mass is 10.3. The molecule has 0 unspecified atom stereocenters. The minimum absolute atomic E-state index is 0.125. The molecule has 0 saturated heterocycles. The van der Waals surface area contributed by atoms with E-state index in [9.17, 15) is 5.11 Å². The Balaban J connectivity index is 2.44. The first-order chi connectivity index (χ1) is 7.63. The number of hydrogen-bond donors (Lipinski definition) is 1. The first-order valence-electron chi connectivity index (χ1n) is 4.97. The molecule has 0 fully saturated rings. The zero-order valence-electron chi connectivity index (χ0n) is 8.95. The summed E-state index contributed by atoms with van der Waals surface area (Å²) in [7, 11) is 0. The summed E-state index contributed by atoms with van der Waals surface area (Å²) < 4.78 is 10.4. The summed E-state index contributed by atoms with van der Waals surface area (Å²) in [5.41, 5.74) is 0. The molecule has 1 rings (SSSR count). The third kappa shape index (κ3) is 4.58. The lowest BCUT2D eigenvalue weighted by Crippen LogP contribution is -2.23. The lowest BCUT2D eigenvalue weighted by molar-refractivity contribution is 0.0165. The van der Waals surface area contributed by atoms with Crippen molar-refractivity contribution in [2.45, 2.75) is 13.0 Å². The van der Waals surface area contributed by atoms with E-state index in [1.165, 1.54) is 0 Å². The van der Waals surface area contributed by atoms with Crippen LogP contribution < -0.4 is 4.74 Å². The van der Waals surface area contributed by atoms with E-state index in [0.717, 1.165) is 0 Å². The molecule has 1 atom stereocenters. The molecular weight excluding hydrogens is 251 g/mol. The van der Waals surface area contributed by atoms with E-state index in [1.807, 2.05) is 6.92 Å². The van der Waals surface area contributed by atoms with Gasteiger partial charge in [-0.15, -0.1) is 0 Å². The Bertz CT molecular complexity index is 331. The van der Waals surface area contributed by atoms with Gasteiger partial charge in [0, 0.05) is 17.7 Å². The van der Waals surface area contributed by atoms with Crippen LogP contribution in [0.1, 0.15) is 6.92 Å². The van der Waals surface area contributed by atoms with E-state index in [4.69, 9.17) is 32.7 Å². The number of aliphatic hydroxyl groups is 1. The summed E-state index contributed by atoms with van der Waals surface area (Å²) >= 11 is 11.7. The number of benzene rings is 1. The first-order valence-corrected chi connectivity index (χ1v) is 5.72. The summed E-state index contributed by atoms with van der Waals surface area (Å²) in [4.78, 5) is 0. The molecule has 0 bridgehead atoms. The van der Waals surface area contributed by atoms with E-state index < -0.39 is 6.10 Å². The van der Waals surface area contributed by atoms with Crippen LogP contribution in [0.15, 0.2) is 18.2 Å². The van der Waals surface area contributed by atoms with Gasteiger partial charge in [-0.25, -0.2) is 0 Å². The van der Waals surface area contributed by atoms with Gasteiger partial charge < -0.3 is 14.6 Å². The molecule has 0 radical (unpaired) electrons. The Morgan fingerprint density at radius 3 is 2.75 bits per heavy atom. The maximum absolute atomic E-state index is 9.48. The van der Waals surface area contributed by atoms with Crippen LogP contribution in [0.4, 0.5) is 0 Å². The first kappa shape index (κ1) is 13.6. The van der Waals surface area contributed by atoms with E-state index in [2.05, 4.69) is 0 Å². The van der Waals surface area contributed by atoms with Crippen molar-refractivity contribution >= 4 is 23.2 Å². The van der Waals surface area contributed by atoms with Crippen molar-refractivity contribution in [1.82, 2.24) is 0 Å². The molecule has 0 aliphatic rings. The van der Waals surface area contributed by atoms with E-state index in [1.54, 1.807) is 18.2 Å². The van der Waals surface area contributed by atoms with Crippen LogP contribution in [0.3, 0.4) is 0 Å². The average Bonchev–Trinajstić information content (AvgIpc) is 2.27. The minimum Gasteiger partial charge on any atom is -0.489 e. The van der Waals surface area contributed by atoms with Crippen molar-refractivity contribution in [3.05, 3.63) is 28.2 Å². The molecule has 3 nitrogen and oxygen atoms in total. The van der Waals surface area contributed by atoms with Crippen LogP contribution in [0.2, 0.25) is 10.0 Å². The molecule has 0 heterocycles. The van der Waals surface area contributed by atoms with E-state index >= 15 is 0 Å². The zero-order chi connectivity index (χ0) is 12.0. The molecule has 5 heteroatoms. The smallest absolute Gasteiger partial charge is 0.139 e. The van der Waals surface area contributed by atoms with Gasteiger partial charge in [0.2, 0.25) is 0 Å². The summed E-state index contributed by atoms with van der Waals surface area (Å²) in [6.45, 7) is 2.80. The highest BCUT2D eigenvalue weighted by molar-refractivity contribution is 6.34. The molecule has 0 spiro atoms. The molecule has 0 aliphatic carbocycles. The summed E-state index contributed by atoms with van der Waals surface area (Å²) in [5, 5.41) is 10.5. The van der Waals surface area contributed by atoms with Crippen LogP contribution in [0, 0.1) is 0 Å². The molecule has 90 valence electrons. The number of rotatable bonds is 6. The van der Waals surface area contributed by atoms with Gasteiger partial charge in [-0.1, -0.05) is 23.2 Å². The SMILES string of the molecule is CCOC[C@@H](O)COc1cc(Cl)ccc1Cl. The molecule has 0 amide bonds. The van der Waals surface area contributed by atoms with Crippen molar-refractivity contribution in [2.75, 3.05) is 19.8 Å². The molecule has 1 N–H and O–H groups in total. The second kappa shape index (κ2) is 6.97. The highest BCUT2D eigenvalue weighted by atomic mass is 35.5. The predicted molar refractivity (Wildman–Crippen MR) is 64.5 cm³/mol. The fourth-order valence-electron chi connectivity index (χ4n) is 1.08. The summed E-state index contributed by atoms with van der Waals surface area (Å²) in [6.07, 6.45) is -0.671. The highest BCUT2D eigenvalue weighted by Crippen LogP contribution is 2.27. The third-order valence-corrected chi connectivity index (χ3v) is 2.39. The van der Waals surface area contributed by atoms with Gasteiger partial charge in [0.25, 0.3) is 0 Å². The zero-order valence-corrected chi connectivity index (χ0v) is 10.5. The van der Waals surface area contributed by atoms with Crippen LogP contribution in [0.25, 0.3) is 0 Å². The Morgan fingerprint density at radius 2 is 2.06 bits per heavy atom. The fourth-order valence-corrected chi connectivity index (χ4v) is 1.41. The molecule has 0 aliphatic heterocycles. The summed E-state index contributed by atoms with van der Waals surface area (Å²) in [5.74, 6) is 0.463. The Labute approximate surface area is 105 Å². The number of hydrogen-bond acceptors (Lipinski definition) is 3. The number of halogens is 2. The van der Waals surface area contributed by atoms with E-state index in [-0.39, 0.29) is 13.2 Å². The largest absolute Gasteiger partial charge is 0.489 e. The van der Waals surface area contributed by atoms with Crippen molar-refractivity contribution in [2.24, 2.45) is 0 Å². The van der Waals surface area contributed by atoms with Gasteiger partial charge in [-0.05, 0) is 19.1 Å². The van der Waals surface area contributed by atoms with Crippen molar-refractivity contribution in [1.29, 1.82) is 0 Å². The molecule has 0 aromatic heterocycles. The van der Waals surface area contributed by atoms with Gasteiger partial charge in [-0.2, -0.15) is 0 Å². The standard InChI is InChI=1S/C11H14Cl2O3/c1-2-15-6-9(14)7-16-11-5-8(12)3-4-10(11)13/h3-5,9,14H,2,6-7H2,1H3/t9-/m1/s1. The molecular formula is C11H14Cl2O3. The van der Waals surface area contributed by atoms with Crippen molar-refractivity contribution < 1.29 is 14.6 Å². The van der Waals surface area contributed by atoms with Gasteiger partial charge in [0.1, 0.15) is 18.5 Å². The molecule has 0 saturated carbocycles. The lowest BCUT2D eigenvalue weighted by Gasteiger charge is -2.13. The molecule has 1 aromatic carbocycles. The van der Waals surface area contributed by atoms with Gasteiger partial charge in [-0.3, -0.25) is 0 Å². The monoisotopic (exact) mass is 264 g/mol. The molecule has 16 heavy (non-hydrogen) atoms. The second-order valence-corrected chi connectivity index (χ2v) is 4.04. The van der Waals surface area contributed by atoms with Crippen LogP contribution in [-0.2, 0) is 4.74 Å². The maximum Gasteiger partial charge on any atom is 0.139 e.